The summed E-state index contributed by atoms with van der Waals surface area (Å²) < 4.78 is 10.5. The Morgan fingerprint density at radius 1 is 0.697 bits per heavy atom. The van der Waals surface area contributed by atoms with Crippen LogP contribution in [0.5, 0.6) is 0 Å². The summed E-state index contributed by atoms with van der Waals surface area (Å²) >= 11 is 0. The van der Waals surface area contributed by atoms with Crippen molar-refractivity contribution in [3.63, 3.8) is 0 Å². The number of carbonyl (C=O) groups excluding carboxylic acids is 2. The van der Waals surface area contributed by atoms with Crippen LogP contribution in [0.15, 0.2) is 54.6 Å². The molecule has 2 aromatic rings. The third-order valence-corrected chi connectivity index (χ3v) is 3.85. The molecule has 0 N–H and O–H groups in total. The second kappa shape index (κ2) is 13.8. The summed E-state index contributed by atoms with van der Waals surface area (Å²) in [5.74, 6) is -1.03. The van der Waals surface area contributed by atoms with Gasteiger partial charge in [-0.25, -0.2) is 19.4 Å². The van der Waals surface area contributed by atoms with Crippen LogP contribution in [0.4, 0.5) is 0 Å². The molecule has 33 heavy (non-hydrogen) atoms. The lowest BCUT2D eigenvalue weighted by molar-refractivity contribution is -0.393. The van der Waals surface area contributed by atoms with Crippen molar-refractivity contribution >= 4 is 11.9 Å². The zero-order valence-corrected chi connectivity index (χ0v) is 21.0. The Labute approximate surface area is 198 Å². The number of benzene rings is 2. The van der Waals surface area contributed by atoms with E-state index in [-0.39, 0.29) is 28.9 Å². The summed E-state index contributed by atoms with van der Waals surface area (Å²) in [6.45, 7) is 14.3. The second-order valence-corrected chi connectivity index (χ2v) is 9.49. The molecule has 0 aliphatic heterocycles. The summed E-state index contributed by atoms with van der Waals surface area (Å²) in [5.41, 5.74) is 0.927. The molecule has 2 aromatic carbocycles. The fraction of sp³-hybridized carbons (Fsp3) is 0.481. The van der Waals surface area contributed by atoms with Gasteiger partial charge in [-0.05, 0) is 65.7 Å². The minimum atomic E-state index is -0.531. The molecule has 0 saturated carbocycles. The van der Waals surface area contributed by atoms with Crippen molar-refractivity contribution < 1.29 is 28.8 Å². The average molecular weight is 459 g/mol. The van der Waals surface area contributed by atoms with E-state index in [0.717, 1.165) is 18.4 Å². The summed E-state index contributed by atoms with van der Waals surface area (Å²) in [5, 5.41) is 0. The van der Waals surface area contributed by atoms with Gasteiger partial charge < -0.3 is 9.47 Å². The van der Waals surface area contributed by atoms with E-state index in [4.69, 9.17) is 19.2 Å². The summed E-state index contributed by atoms with van der Waals surface area (Å²) in [4.78, 5) is 34.5. The Balaban J connectivity index is 0.000000461. The molecule has 0 amide bonds. The molecule has 6 heteroatoms. The molecule has 2 rings (SSSR count). The van der Waals surface area contributed by atoms with E-state index in [1.165, 1.54) is 0 Å². The molecule has 0 aliphatic rings. The van der Waals surface area contributed by atoms with Crippen LogP contribution in [0.3, 0.4) is 0 Å². The van der Waals surface area contributed by atoms with Gasteiger partial charge in [-0.3, -0.25) is 0 Å². The third-order valence-electron chi connectivity index (χ3n) is 3.85. The van der Waals surface area contributed by atoms with Crippen LogP contribution >= 0.6 is 0 Å². The van der Waals surface area contributed by atoms with Gasteiger partial charge in [-0.2, -0.15) is 0 Å². The molecule has 0 fully saturated rings. The van der Waals surface area contributed by atoms with E-state index in [0.29, 0.717) is 6.61 Å². The maximum Gasteiger partial charge on any atom is 0.339 e. The van der Waals surface area contributed by atoms with Gasteiger partial charge in [-0.1, -0.05) is 55.8 Å². The molecular weight excluding hydrogens is 420 g/mol. The van der Waals surface area contributed by atoms with Gasteiger partial charge in [0.05, 0.1) is 28.9 Å². The molecule has 0 saturated heterocycles. The van der Waals surface area contributed by atoms with Crippen LogP contribution in [-0.4, -0.2) is 29.7 Å². The summed E-state index contributed by atoms with van der Waals surface area (Å²) in [6, 6.07) is 15.9. The molecule has 6 nitrogen and oxygen atoms in total. The summed E-state index contributed by atoms with van der Waals surface area (Å²) in [7, 11) is 0. The number of esters is 2. The minimum absolute atomic E-state index is 0.166. The third kappa shape index (κ3) is 12.8. The highest BCUT2D eigenvalue weighted by Gasteiger charge is 2.19. The topological polar surface area (TPSA) is 71.1 Å². The Bertz CT molecular complexity index is 833. The fourth-order valence-electron chi connectivity index (χ4n) is 2.28. The first-order chi connectivity index (χ1) is 15.4. The minimum Gasteiger partial charge on any atom is -0.462 e. The van der Waals surface area contributed by atoms with Crippen LogP contribution in [0.1, 0.15) is 87.6 Å². The van der Waals surface area contributed by atoms with Crippen molar-refractivity contribution in [1.29, 1.82) is 0 Å². The largest absolute Gasteiger partial charge is 0.462 e. The molecule has 0 aromatic heterocycles. The normalized spacial score (nSPS) is 11.2. The van der Waals surface area contributed by atoms with Crippen LogP contribution < -0.4 is 0 Å². The first-order valence-corrected chi connectivity index (χ1v) is 11.3. The number of hydrogen-bond acceptors (Lipinski definition) is 6. The van der Waals surface area contributed by atoms with Gasteiger partial charge in [-0.15, -0.1) is 0 Å². The maximum atomic E-state index is 12.2. The highest BCUT2D eigenvalue weighted by Crippen LogP contribution is 2.15. The molecule has 0 heterocycles. The zero-order valence-electron chi connectivity index (χ0n) is 21.0. The Morgan fingerprint density at radius 3 is 1.61 bits per heavy atom. The highest BCUT2D eigenvalue weighted by atomic mass is 17.2. The zero-order chi connectivity index (χ0) is 24.9. The van der Waals surface area contributed by atoms with Gasteiger partial charge in [0.2, 0.25) is 0 Å². The standard InChI is InChI=1S/C19H20O4.C8H18O2/c1-2-3-13-22-18(20)16-11-7-8-12-17(16)19(21)23-14-15-9-5-4-6-10-15;1-7(2,3)9-10-8(4,5)6/h4-12H,2-3,13-14H2,1H3;1-6H3. The number of ether oxygens (including phenoxy) is 2. The van der Waals surface area contributed by atoms with Crippen molar-refractivity contribution in [2.24, 2.45) is 0 Å². The average Bonchev–Trinajstić information content (AvgIpc) is 2.76. The van der Waals surface area contributed by atoms with Gasteiger partial charge in [0, 0.05) is 0 Å². The Kier molecular flexibility index (Phi) is 11.8. The molecule has 0 spiro atoms. The number of hydrogen-bond donors (Lipinski definition) is 0. The van der Waals surface area contributed by atoms with E-state index >= 15 is 0 Å². The number of carbonyl (C=O) groups is 2. The molecular formula is C27H38O6. The first kappa shape index (κ1) is 28.3. The summed E-state index contributed by atoms with van der Waals surface area (Å²) in [6.07, 6.45) is 1.74. The molecule has 0 aliphatic carbocycles. The molecule has 0 unspecified atom stereocenters. The van der Waals surface area contributed by atoms with Gasteiger partial charge in [0.1, 0.15) is 6.61 Å². The van der Waals surface area contributed by atoms with Crippen molar-refractivity contribution in [2.75, 3.05) is 6.61 Å². The smallest absolute Gasteiger partial charge is 0.339 e. The lowest BCUT2D eigenvalue weighted by Gasteiger charge is -2.24. The van der Waals surface area contributed by atoms with Crippen LogP contribution in [0.2, 0.25) is 0 Å². The monoisotopic (exact) mass is 458 g/mol. The number of unbranched alkanes of at least 4 members (excludes halogenated alkanes) is 1. The van der Waals surface area contributed by atoms with E-state index in [1.54, 1.807) is 24.3 Å². The predicted molar refractivity (Wildman–Crippen MR) is 129 cm³/mol. The lowest BCUT2D eigenvalue weighted by Crippen LogP contribution is -2.27. The fourth-order valence-corrected chi connectivity index (χ4v) is 2.28. The van der Waals surface area contributed by atoms with Gasteiger partial charge in [0.25, 0.3) is 0 Å². The van der Waals surface area contributed by atoms with E-state index in [9.17, 15) is 9.59 Å². The molecule has 0 atom stereocenters. The van der Waals surface area contributed by atoms with Crippen molar-refractivity contribution in [3.8, 4) is 0 Å². The van der Waals surface area contributed by atoms with E-state index in [1.807, 2.05) is 78.8 Å². The van der Waals surface area contributed by atoms with Crippen molar-refractivity contribution in [3.05, 3.63) is 71.3 Å². The lowest BCUT2D eigenvalue weighted by atomic mass is 10.1. The van der Waals surface area contributed by atoms with Gasteiger partial charge in [0.15, 0.2) is 0 Å². The van der Waals surface area contributed by atoms with Gasteiger partial charge >= 0.3 is 11.9 Å². The molecule has 0 radical (unpaired) electrons. The Morgan fingerprint density at radius 2 is 1.15 bits per heavy atom. The van der Waals surface area contributed by atoms with Crippen molar-refractivity contribution in [2.45, 2.75) is 79.1 Å². The number of rotatable bonds is 8. The highest BCUT2D eigenvalue weighted by molar-refractivity contribution is 6.03. The van der Waals surface area contributed by atoms with Crippen LogP contribution in [-0.2, 0) is 25.9 Å². The van der Waals surface area contributed by atoms with Crippen LogP contribution in [0, 0.1) is 0 Å². The van der Waals surface area contributed by atoms with Crippen molar-refractivity contribution in [1.82, 2.24) is 0 Å². The maximum absolute atomic E-state index is 12.2. The SMILES string of the molecule is CC(C)(C)OOC(C)(C)C.CCCCOC(=O)c1ccccc1C(=O)OCc1ccccc1. The van der Waals surface area contributed by atoms with E-state index in [2.05, 4.69) is 0 Å². The first-order valence-electron chi connectivity index (χ1n) is 11.3. The van der Waals surface area contributed by atoms with E-state index < -0.39 is 11.9 Å². The van der Waals surface area contributed by atoms with Crippen LogP contribution in [0.25, 0.3) is 0 Å². The Hall–Kier alpha value is -2.70. The quantitative estimate of drug-likeness (QED) is 0.194. The second-order valence-electron chi connectivity index (χ2n) is 9.49. The molecule has 182 valence electrons. The predicted octanol–water partition coefficient (Wildman–Crippen LogP) is 6.53. The molecule has 0 bridgehead atoms.